The number of aliphatic hydroxyl groups excluding tert-OH is 1. The Balaban J connectivity index is 1.83. The molecule has 1 aromatic heterocycles. The van der Waals surface area contributed by atoms with Gasteiger partial charge in [-0.05, 0) is 12.1 Å². The Labute approximate surface area is 172 Å². The van der Waals surface area contributed by atoms with Crippen LogP contribution in [0.2, 0.25) is 0 Å². The third kappa shape index (κ3) is 3.36. The standard InChI is InChI=1S/C21H20FN5O3/c22-16-12-18-19(13-17(16)25-8-6-24(7-9-25)10-11-28)26(29)20(14-23)21(27(18)30)15-4-2-1-3-5-15/h1-5,12-13,28H,6-11H2. The van der Waals surface area contributed by atoms with Crippen molar-refractivity contribution in [2.24, 2.45) is 0 Å². The summed E-state index contributed by atoms with van der Waals surface area (Å²) in [5.41, 5.74) is -0.0232. The Kier molecular flexibility index (Phi) is 5.35. The van der Waals surface area contributed by atoms with Crippen molar-refractivity contribution in [1.82, 2.24) is 4.90 Å². The Morgan fingerprint density at radius 3 is 2.33 bits per heavy atom. The molecule has 0 atom stereocenters. The lowest BCUT2D eigenvalue weighted by Crippen LogP contribution is -2.48. The third-order valence-electron chi connectivity index (χ3n) is 5.39. The van der Waals surface area contributed by atoms with Crippen LogP contribution in [0.3, 0.4) is 0 Å². The van der Waals surface area contributed by atoms with Gasteiger partial charge < -0.3 is 20.4 Å². The number of rotatable bonds is 4. The molecule has 1 N–H and O–H groups in total. The molecule has 1 fully saturated rings. The lowest BCUT2D eigenvalue weighted by molar-refractivity contribution is -0.622. The third-order valence-corrected chi connectivity index (χ3v) is 5.39. The van der Waals surface area contributed by atoms with Gasteiger partial charge in [-0.1, -0.05) is 18.2 Å². The highest BCUT2D eigenvalue weighted by atomic mass is 19.1. The number of nitriles is 1. The zero-order valence-corrected chi connectivity index (χ0v) is 16.2. The second kappa shape index (κ2) is 8.10. The van der Waals surface area contributed by atoms with Gasteiger partial charge in [-0.3, -0.25) is 4.90 Å². The van der Waals surface area contributed by atoms with E-state index >= 15 is 0 Å². The SMILES string of the molecule is N#Cc1c(-c2ccccc2)[n+]([O-])c2cc(F)c(N3CCN(CCO)CC3)cc2[n+]1[O-]. The Morgan fingerprint density at radius 2 is 1.70 bits per heavy atom. The summed E-state index contributed by atoms with van der Waals surface area (Å²) in [5, 5.41) is 44.6. The maximum Gasteiger partial charge on any atom is 0.369 e. The first-order chi connectivity index (χ1) is 14.5. The molecule has 8 nitrogen and oxygen atoms in total. The Morgan fingerprint density at radius 1 is 1.03 bits per heavy atom. The summed E-state index contributed by atoms with van der Waals surface area (Å²) in [6.07, 6.45) is 0. The summed E-state index contributed by atoms with van der Waals surface area (Å²) in [7, 11) is 0. The Hall–Kier alpha value is -3.48. The Bertz CT molecular complexity index is 1130. The van der Waals surface area contributed by atoms with Gasteiger partial charge in [0.25, 0.3) is 11.0 Å². The van der Waals surface area contributed by atoms with Crippen LogP contribution >= 0.6 is 0 Å². The van der Waals surface area contributed by atoms with Crippen LogP contribution in [0, 0.1) is 27.6 Å². The highest BCUT2D eigenvalue weighted by Crippen LogP contribution is 2.27. The zero-order chi connectivity index (χ0) is 21.3. The van der Waals surface area contributed by atoms with Gasteiger partial charge in [-0.15, -0.1) is 4.73 Å². The first kappa shape index (κ1) is 19.8. The predicted octanol–water partition coefficient (Wildman–Crippen LogP) is 0.899. The summed E-state index contributed by atoms with van der Waals surface area (Å²) < 4.78 is 15.8. The van der Waals surface area contributed by atoms with E-state index < -0.39 is 5.82 Å². The number of anilines is 1. The van der Waals surface area contributed by atoms with Crippen molar-refractivity contribution in [3.05, 3.63) is 64.4 Å². The molecule has 30 heavy (non-hydrogen) atoms. The summed E-state index contributed by atoms with van der Waals surface area (Å²) in [4.78, 5) is 3.86. The van der Waals surface area contributed by atoms with Gasteiger partial charge in [0.15, 0.2) is 11.9 Å². The molecule has 2 heterocycles. The van der Waals surface area contributed by atoms with Crippen LogP contribution in [0.25, 0.3) is 22.3 Å². The van der Waals surface area contributed by atoms with Crippen LogP contribution in [0.1, 0.15) is 5.69 Å². The number of aliphatic hydroxyl groups is 1. The second-order valence-corrected chi connectivity index (χ2v) is 7.11. The quantitative estimate of drug-likeness (QED) is 0.507. The number of β-amino-alcohol motifs (C(OH)–C–C–N with tert-alkyl or cyclic N) is 1. The number of nitrogens with zero attached hydrogens (tertiary/aromatic N) is 5. The molecule has 1 aliphatic heterocycles. The van der Waals surface area contributed by atoms with Gasteiger partial charge in [0.1, 0.15) is 0 Å². The predicted molar refractivity (Wildman–Crippen MR) is 108 cm³/mol. The molecule has 1 aliphatic rings. The number of aromatic nitrogens is 2. The molecule has 2 aromatic carbocycles. The maximum atomic E-state index is 15.0. The first-order valence-corrected chi connectivity index (χ1v) is 9.61. The molecule has 0 spiro atoms. The van der Waals surface area contributed by atoms with E-state index in [2.05, 4.69) is 4.90 Å². The minimum absolute atomic E-state index is 0.0598. The normalized spacial score (nSPS) is 14.8. The van der Waals surface area contributed by atoms with Gasteiger partial charge >= 0.3 is 11.4 Å². The van der Waals surface area contributed by atoms with E-state index in [1.807, 2.05) is 6.07 Å². The lowest BCUT2D eigenvalue weighted by Gasteiger charge is -2.35. The van der Waals surface area contributed by atoms with Crippen molar-refractivity contribution in [3.8, 4) is 17.3 Å². The highest BCUT2D eigenvalue weighted by molar-refractivity contribution is 5.76. The van der Waals surface area contributed by atoms with Crippen molar-refractivity contribution in [1.29, 1.82) is 5.26 Å². The highest BCUT2D eigenvalue weighted by Gasteiger charge is 2.32. The molecule has 154 valence electrons. The minimum Gasteiger partial charge on any atom is -0.617 e. The minimum atomic E-state index is -0.605. The number of benzene rings is 2. The average Bonchev–Trinajstić information content (AvgIpc) is 2.77. The van der Waals surface area contributed by atoms with Crippen molar-refractivity contribution in [2.45, 2.75) is 0 Å². The molecule has 1 saturated heterocycles. The number of hydrogen-bond acceptors (Lipinski definition) is 6. The van der Waals surface area contributed by atoms with Crippen molar-refractivity contribution >= 4 is 16.7 Å². The van der Waals surface area contributed by atoms with E-state index in [4.69, 9.17) is 5.11 Å². The summed E-state index contributed by atoms with van der Waals surface area (Å²) >= 11 is 0. The fourth-order valence-corrected chi connectivity index (χ4v) is 3.84. The zero-order valence-electron chi connectivity index (χ0n) is 16.2. The fraction of sp³-hybridized carbons (Fsp3) is 0.286. The average molecular weight is 409 g/mol. The van der Waals surface area contributed by atoms with E-state index in [9.17, 15) is 20.1 Å². The molecular weight excluding hydrogens is 389 g/mol. The molecule has 0 radical (unpaired) electrons. The topological polar surface area (TPSA) is 104 Å². The van der Waals surface area contributed by atoms with Crippen molar-refractivity contribution in [2.75, 3.05) is 44.2 Å². The van der Waals surface area contributed by atoms with Gasteiger partial charge in [0.2, 0.25) is 0 Å². The number of piperazine rings is 1. The molecule has 0 aliphatic carbocycles. The van der Waals surface area contributed by atoms with Crippen LogP contribution in [0.15, 0.2) is 42.5 Å². The summed E-state index contributed by atoms with van der Waals surface area (Å²) in [5.74, 6) is -0.605. The monoisotopic (exact) mass is 409 g/mol. The molecule has 9 heteroatoms. The maximum absolute atomic E-state index is 15.0. The van der Waals surface area contributed by atoms with Gasteiger partial charge in [0.05, 0.1) is 23.9 Å². The molecule has 0 unspecified atom stereocenters. The smallest absolute Gasteiger partial charge is 0.369 e. The number of hydrogen-bond donors (Lipinski definition) is 1. The molecule has 0 bridgehead atoms. The van der Waals surface area contributed by atoms with Gasteiger partial charge in [-0.25, -0.2) is 4.39 Å². The summed E-state index contributed by atoms with van der Waals surface area (Å²) in [6, 6.07) is 12.6. The van der Waals surface area contributed by atoms with Crippen LogP contribution in [0.5, 0.6) is 0 Å². The number of halogens is 1. The van der Waals surface area contributed by atoms with Crippen molar-refractivity contribution in [3.63, 3.8) is 0 Å². The van der Waals surface area contributed by atoms with Crippen LogP contribution in [0.4, 0.5) is 10.1 Å². The van der Waals surface area contributed by atoms with Crippen LogP contribution in [-0.2, 0) is 0 Å². The van der Waals surface area contributed by atoms with Crippen LogP contribution < -0.4 is 14.4 Å². The van der Waals surface area contributed by atoms with E-state index in [1.165, 1.54) is 6.07 Å². The van der Waals surface area contributed by atoms with E-state index in [-0.39, 0.29) is 34.7 Å². The molecule has 4 rings (SSSR count). The van der Waals surface area contributed by atoms with Crippen molar-refractivity contribution < 1.29 is 19.0 Å². The molecule has 3 aromatic rings. The summed E-state index contributed by atoms with van der Waals surface area (Å²) in [6.45, 7) is 2.95. The lowest BCUT2D eigenvalue weighted by atomic mass is 10.1. The molecule has 0 saturated carbocycles. The number of fused-ring (bicyclic) bond motifs is 1. The van der Waals surface area contributed by atoms with E-state index in [0.29, 0.717) is 47.7 Å². The second-order valence-electron chi connectivity index (χ2n) is 7.11. The first-order valence-electron chi connectivity index (χ1n) is 9.61. The molecular formula is C21H20FN5O3. The largest absolute Gasteiger partial charge is 0.617 e. The molecule has 0 amide bonds. The fourth-order valence-electron chi connectivity index (χ4n) is 3.84. The van der Waals surface area contributed by atoms with Crippen LogP contribution in [-0.4, -0.2) is 49.3 Å². The van der Waals surface area contributed by atoms with Gasteiger partial charge in [0, 0.05) is 38.8 Å². The van der Waals surface area contributed by atoms with E-state index in [0.717, 1.165) is 6.07 Å². The van der Waals surface area contributed by atoms with Gasteiger partial charge in [-0.2, -0.15) is 9.99 Å². The van der Waals surface area contributed by atoms with E-state index in [1.54, 1.807) is 35.2 Å².